The van der Waals surface area contributed by atoms with Crippen LogP contribution in [0.5, 0.6) is 0 Å². The number of rotatable bonds is 2. The molecular formula is C18H3Br11. The fourth-order valence-electron chi connectivity index (χ4n) is 2.60. The Morgan fingerprint density at radius 2 is 0.552 bits per heavy atom. The lowest BCUT2D eigenvalue weighted by Crippen LogP contribution is -1.93. The van der Waals surface area contributed by atoms with Crippen LogP contribution >= 0.6 is 175 Å². The van der Waals surface area contributed by atoms with E-state index >= 15 is 0 Å². The lowest BCUT2D eigenvalue weighted by Gasteiger charge is -2.19. The van der Waals surface area contributed by atoms with Gasteiger partial charge < -0.3 is 0 Å². The van der Waals surface area contributed by atoms with Crippen LogP contribution in [0.1, 0.15) is 0 Å². The predicted molar refractivity (Wildman–Crippen MR) is 162 cm³/mol. The maximum atomic E-state index is 3.86. The van der Waals surface area contributed by atoms with Crippen molar-refractivity contribution >= 4 is 175 Å². The van der Waals surface area contributed by atoms with Gasteiger partial charge in [-0.2, -0.15) is 0 Å². The molecule has 0 heterocycles. The summed E-state index contributed by atoms with van der Waals surface area (Å²) >= 11 is 40.7. The highest BCUT2D eigenvalue weighted by atomic mass is 79.9. The van der Waals surface area contributed by atoms with Gasteiger partial charge in [-0.15, -0.1) is 0 Å². The second-order valence-corrected chi connectivity index (χ2v) is 14.3. The number of hydrogen-bond donors (Lipinski definition) is 0. The molecule has 0 amide bonds. The molecule has 0 atom stereocenters. The minimum Gasteiger partial charge on any atom is -0.0610 e. The van der Waals surface area contributed by atoms with E-state index in [0.29, 0.717) is 0 Å². The van der Waals surface area contributed by atoms with E-state index in [4.69, 9.17) is 0 Å². The fourth-order valence-corrected chi connectivity index (χ4v) is 10.2. The Bertz CT molecular complexity index is 1020. The third-order valence-electron chi connectivity index (χ3n) is 3.96. The summed E-state index contributed by atoms with van der Waals surface area (Å²) < 4.78 is 10.3. The minimum absolute atomic E-state index is 0.927. The molecule has 0 unspecified atom stereocenters. The van der Waals surface area contributed by atoms with Crippen LogP contribution < -0.4 is 0 Å². The molecule has 152 valence electrons. The molecule has 0 saturated heterocycles. The Morgan fingerprint density at radius 3 is 0.828 bits per heavy atom. The van der Waals surface area contributed by atoms with E-state index in [9.17, 15) is 0 Å². The Morgan fingerprint density at radius 1 is 0.310 bits per heavy atom. The lowest BCUT2D eigenvalue weighted by molar-refractivity contribution is 1.41. The normalized spacial score (nSPS) is 11.3. The van der Waals surface area contributed by atoms with Crippen LogP contribution in [0.4, 0.5) is 0 Å². The molecule has 0 radical (unpaired) electrons. The SMILES string of the molecule is Brc1c(-c2c(Br)c(Br)c(Br)c(Br)c2Br)cccc1-c1c(Br)c(Br)c(Br)c(Br)c1Br. The van der Waals surface area contributed by atoms with Gasteiger partial charge in [-0.1, -0.05) is 18.2 Å². The van der Waals surface area contributed by atoms with Crippen molar-refractivity contribution in [2.75, 3.05) is 0 Å². The van der Waals surface area contributed by atoms with Crippen molar-refractivity contribution in [3.8, 4) is 22.3 Å². The first-order chi connectivity index (χ1) is 13.5. The quantitative estimate of drug-likeness (QED) is 0.177. The third-order valence-corrected chi connectivity index (χ3v) is 17.0. The third kappa shape index (κ3) is 4.87. The summed E-state index contributed by atoms with van der Waals surface area (Å²) in [6.07, 6.45) is 0. The first-order valence-corrected chi connectivity index (χ1v) is 16.0. The van der Waals surface area contributed by atoms with Crippen LogP contribution in [0, 0.1) is 0 Å². The van der Waals surface area contributed by atoms with E-state index in [0.717, 1.165) is 71.5 Å². The van der Waals surface area contributed by atoms with Crippen LogP contribution in [-0.2, 0) is 0 Å². The van der Waals surface area contributed by atoms with Crippen molar-refractivity contribution < 1.29 is 0 Å². The summed E-state index contributed by atoms with van der Waals surface area (Å²) in [5.41, 5.74) is 4.10. The molecule has 0 aromatic heterocycles. The largest absolute Gasteiger partial charge is 0.0610 e. The molecule has 3 rings (SSSR count). The van der Waals surface area contributed by atoms with Gasteiger partial charge in [0.1, 0.15) is 0 Å². The summed E-state index contributed by atoms with van der Waals surface area (Å²) in [4.78, 5) is 0. The van der Waals surface area contributed by atoms with Gasteiger partial charge in [0, 0.05) is 60.3 Å². The van der Waals surface area contributed by atoms with Crippen molar-refractivity contribution in [1.82, 2.24) is 0 Å². The van der Waals surface area contributed by atoms with E-state index in [-0.39, 0.29) is 0 Å². The number of halogens is 11. The van der Waals surface area contributed by atoms with Gasteiger partial charge >= 0.3 is 0 Å². The van der Waals surface area contributed by atoms with Crippen molar-refractivity contribution in [2.45, 2.75) is 0 Å². The van der Waals surface area contributed by atoms with Gasteiger partial charge in [0.05, 0.1) is 0 Å². The first kappa shape index (κ1) is 26.5. The molecule has 0 aliphatic heterocycles. The standard InChI is InChI=1S/C18H3Br11/c19-8-4(6-9(20)13(24)17(28)14(25)10(6)21)2-1-3-5(8)7-11(22)15(26)18(29)16(27)12(7)23/h1-3H. The van der Waals surface area contributed by atoms with Crippen LogP contribution in [0.3, 0.4) is 0 Å². The highest BCUT2D eigenvalue weighted by Crippen LogP contribution is 2.54. The van der Waals surface area contributed by atoms with Crippen molar-refractivity contribution in [3.05, 3.63) is 67.4 Å². The molecule has 0 aliphatic carbocycles. The van der Waals surface area contributed by atoms with E-state index < -0.39 is 0 Å². The van der Waals surface area contributed by atoms with Gasteiger partial charge in [0.2, 0.25) is 0 Å². The highest BCUT2D eigenvalue weighted by molar-refractivity contribution is 9.16. The topological polar surface area (TPSA) is 0 Å². The Labute approximate surface area is 260 Å². The Kier molecular flexibility index (Phi) is 9.78. The van der Waals surface area contributed by atoms with E-state index in [2.05, 4.69) is 187 Å². The molecule has 0 aliphatic rings. The van der Waals surface area contributed by atoms with Gasteiger partial charge in [-0.25, -0.2) is 0 Å². The number of benzene rings is 3. The maximum Gasteiger partial charge on any atom is 0.0482 e. The van der Waals surface area contributed by atoms with Crippen LogP contribution in [0.2, 0.25) is 0 Å². The highest BCUT2D eigenvalue weighted by Gasteiger charge is 2.24. The average molecular weight is 1100 g/mol. The first-order valence-electron chi connectivity index (χ1n) is 7.32. The zero-order chi connectivity index (χ0) is 21.8. The molecule has 0 bridgehead atoms. The van der Waals surface area contributed by atoms with Gasteiger partial charge in [-0.05, 0) is 186 Å². The Balaban J connectivity index is 2.40. The molecule has 0 spiro atoms. The van der Waals surface area contributed by atoms with Crippen LogP contribution in [-0.4, -0.2) is 0 Å². The Hall–Kier alpha value is 2.94. The summed E-state index contributed by atoms with van der Waals surface area (Å²) in [5.74, 6) is 0. The molecule has 0 saturated carbocycles. The van der Waals surface area contributed by atoms with E-state index in [1.165, 1.54) is 0 Å². The molecule has 0 N–H and O–H groups in total. The summed E-state index contributed by atoms with van der Waals surface area (Å²) in [6, 6.07) is 6.20. The summed E-state index contributed by atoms with van der Waals surface area (Å²) in [5, 5.41) is 0. The van der Waals surface area contributed by atoms with Crippen molar-refractivity contribution in [3.63, 3.8) is 0 Å². The zero-order valence-corrected chi connectivity index (χ0v) is 30.8. The fraction of sp³-hybridized carbons (Fsp3) is 0. The predicted octanol–water partition coefficient (Wildman–Crippen LogP) is 13.4. The number of hydrogen-bond acceptors (Lipinski definition) is 0. The van der Waals surface area contributed by atoms with Crippen LogP contribution in [0.25, 0.3) is 22.3 Å². The monoisotopic (exact) mass is 1090 g/mol. The molecule has 11 heteroatoms. The molecule has 3 aromatic rings. The molecular weight excluding hydrogens is 1100 g/mol. The molecule has 29 heavy (non-hydrogen) atoms. The van der Waals surface area contributed by atoms with Gasteiger partial charge in [0.25, 0.3) is 0 Å². The van der Waals surface area contributed by atoms with Crippen molar-refractivity contribution in [2.24, 2.45) is 0 Å². The van der Waals surface area contributed by atoms with E-state index in [1.54, 1.807) is 0 Å². The maximum absolute atomic E-state index is 3.86. The summed E-state index contributed by atoms with van der Waals surface area (Å²) in [7, 11) is 0. The molecule has 3 aromatic carbocycles. The molecule has 0 nitrogen and oxygen atoms in total. The lowest BCUT2D eigenvalue weighted by atomic mass is 9.99. The second-order valence-electron chi connectivity index (χ2n) is 5.56. The van der Waals surface area contributed by atoms with Gasteiger partial charge in [-0.3, -0.25) is 0 Å². The van der Waals surface area contributed by atoms with Crippen LogP contribution in [0.15, 0.2) is 67.4 Å². The van der Waals surface area contributed by atoms with Crippen molar-refractivity contribution in [1.29, 1.82) is 0 Å². The van der Waals surface area contributed by atoms with E-state index in [1.807, 2.05) is 6.07 Å². The second kappa shape index (κ2) is 10.7. The molecule has 0 fully saturated rings. The average Bonchev–Trinajstić information content (AvgIpc) is 2.70. The van der Waals surface area contributed by atoms with Gasteiger partial charge in [0.15, 0.2) is 0 Å². The minimum atomic E-state index is 0.927. The smallest absolute Gasteiger partial charge is 0.0482 e. The zero-order valence-electron chi connectivity index (χ0n) is 13.4. The summed E-state index contributed by atoms with van der Waals surface area (Å²) in [6.45, 7) is 0.